The number of hydrogen-bond acceptors (Lipinski definition) is 2. The number of carbonyl (C=O) groups excluding carboxylic acids is 1. The van der Waals surface area contributed by atoms with Crippen molar-refractivity contribution in [2.24, 2.45) is 5.92 Å². The lowest BCUT2D eigenvalue weighted by Crippen LogP contribution is -2.39. The Morgan fingerprint density at radius 3 is 2.88 bits per heavy atom. The maximum atomic E-state index is 12.7. The van der Waals surface area contributed by atoms with Crippen molar-refractivity contribution in [3.63, 3.8) is 0 Å². The first-order valence-electron chi connectivity index (χ1n) is 8.39. The fourth-order valence-electron chi connectivity index (χ4n) is 3.05. The largest absolute Gasteiger partial charge is 0.489 e. The highest BCUT2D eigenvalue weighted by Crippen LogP contribution is 2.22. The van der Waals surface area contributed by atoms with Gasteiger partial charge in [0.25, 0.3) is 5.91 Å². The lowest BCUT2D eigenvalue weighted by atomic mass is 9.99. The highest BCUT2D eigenvalue weighted by Gasteiger charge is 2.22. The number of rotatable bonds is 4. The van der Waals surface area contributed by atoms with Crippen LogP contribution in [0.3, 0.4) is 0 Å². The van der Waals surface area contributed by atoms with E-state index in [0.717, 1.165) is 25.1 Å². The zero-order valence-electron chi connectivity index (χ0n) is 13.9. The monoisotopic (exact) mass is 343 g/mol. The van der Waals surface area contributed by atoms with Crippen LogP contribution in [0.2, 0.25) is 5.02 Å². The second-order valence-corrected chi connectivity index (χ2v) is 6.81. The minimum atomic E-state index is 0.0877. The maximum Gasteiger partial charge on any atom is 0.253 e. The van der Waals surface area contributed by atoms with Gasteiger partial charge in [-0.15, -0.1) is 0 Å². The van der Waals surface area contributed by atoms with E-state index in [1.54, 1.807) is 0 Å². The number of piperidine rings is 1. The van der Waals surface area contributed by atoms with Crippen LogP contribution in [0.5, 0.6) is 5.75 Å². The molecule has 1 aliphatic heterocycles. The third-order valence-corrected chi connectivity index (χ3v) is 4.75. The van der Waals surface area contributed by atoms with Crippen molar-refractivity contribution in [3.05, 3.63) is 64.7 Å². The minimum Gasteiger partial charge on any atom is -0.489 e. The maximum absolute atomic E-state index is 12.7. The number of hydrogen-bond donors (Lipinski definition) is 0. The van der Waals surface area contributed by atoms with Crippen LogP contribution in [0.25, 0.3) is 0 Å². The van der Waals surface area contributed by atoms with Crippen LogP contribution in [-0.4, -0.2) is 23.9 Å². The quantitative estimate of drug-likeness (QED) is 0.798. The molecule has 1 unspecified atom stereocenters. The van der Waals surface area contributed by atoms with E-state index in [2.05, 4.69) is 6.92 Å². The van der Waals surface area contributed by atoms with Gasteiger partial charge in [0.05, 0.1) is 0 Å². The molecule has 3 rings (SSSR count). The van der Waals surface area contributed by atoms with Crippen molar-refractivity contribution >= 4 is 17.5 Å². The SMILES string of the molecule is CC1CCCN(C(=O)c2cccc(OCc3ccccc3Cl)c2)C1. The number of likely N-dealkylation sites (tertiary alicyclic amines) is 1. The summed E-state index contributed by atoms with van der Waals surface area (Å²) < 4.78 is 5.82. The molecule has 24 heavy (non-hydrogen) atoms. The molecule has 2 aromatic rings. The average molecular weight is 344 g/mol. The second-order valence-electron chi connectivity index (χ2n) is 6.41. The summed E-state index contributed by atoms with van der Waals surface area (Å²) in [4.78, 5) is 14.6. The molecule has 1 aliphatic rings. The molecule has 1 fully saturated rings. The van der Waals surface area contributed by atoms with Crippen molar-refractivity contribution in [2.75, 3.05) is 13.1 Å². The molecule has 1 atom stereocenters. The number of amides is 1. The van der Waals surface area contributed by atoms with E-state index in [-0.39, 0.29) is 5.91 Å². The van der Waals surface area contributed by atoms with Crippen LogP contribution in [0.15, 0.2) is 48.5 Å². The van der Waals surface area contributed by atoms with E-state index in [1.807, 2.05) is 53.4 Å². The Bertz CT molecular complexity index is 716. The van der Waals surface area contributed by atoms with Gasteiger partial charge in [0.2, 0.25) is 0 Å². The third kappa shape index (κ3) is 4.09. The Morgan fingerprint density at radius 2 is 2.08 bits per heavy atom. The first kappa shape index (κ1) is 16.8. The van der Waals surface area contributed by atoms with Gasteiger partial charge < -0.3 is 9.64 Å². The smallest absolute Gasteiger partial charge is 0.253 e. The van der Waals surface area contributed by atoms with E-state index < -0.39 is 0 Å². The standard InChI is InChI=1S/C20H22ClNO2/c1-15-6-5-11-22(13-15)20(23)16-8-4-9-18(12-16)24-14-17-7-2-3-10-19(17)21/h2-4,7-10,12,15H,5-6,11,13-14H2,1H3. The zero-order chi connectivity index (χ0) is 16.9. The van der Waals surface area contributed by atoms with Crippen LogP contribution < -0.4 is 4.74 Å². The molecule has 2 aromatic carbocycles. The van der Waals surface area contributed by atoms with E-state index in [1.165, 1.54) is 6.42 Å². The fraction of sp³-hybridized carbons (Fsp3) is 0.350. The number of benzene rings is 2. The van der Waals surface area contributed by atoms with Crippen molar-refractivity contribution in [1.82, 2.24) is 4.90 Å². The molecular formula is C20H22ClNO2. The van der Waals surface area contributed by atoms with Gasteiger partial charge in [0, 0.05) is 29.2 Å². The van der Waals surface area contributed by atoms with Gasteiger partial charge in [-0.1, -0.05) is 42.8 Å². The summed E-state index contributed by atoms with van der Waals surface area (Å²) in [6.45, 7) is 4.26. The molecule has 0 saturated carbocycles. The number of carbonyl (C=O) groups is 1. The summed E-state index contributed by atoms with van der Waals surface area (Å²) in [5, 5.41) is 0.687. The lowest BCUT2D eigenvalue weighted by molar-refractivity contribution is 0.0682. The minimum absolute atomic E-state index is 0.0877. The molecular weight excluding hydrogens is 322 g/mol. The predicted octanol–water partition coefficient (Wildman–Crippen LogP) is 4.79. The molecule has 0 bridgehead atoms. The van der Waals surface area contributed by atoms with Gasteiger partial charge in [-0.25, -0.2) is 0 Å². The van der Waals surface area contributed by atoms with Crippen molar-refractivity contribution in [2.45, 2.75) is 26.4 Å². The predicted molar refractivity (Wildman–Crippen MR) is 96.5 cm³/mol. The fourth-order valence-corrected chi connectivity index (χ4v) is 3.24. The summed E-state index contributed by atoms with van der Waals surface area (Å²) in [6.07, 6.45) is 2.28. The summed E-state index contributed by atoms with van der Waals surface area (Å²) >= 11 is 6.15. The van der Waals surface area contributed by atoms with E-state index in [9.17, 15) is 4.79 Å². The number of nitrogens with zero attached hydrogens (tertiary/aromatic N) is 1. The van der Waals surface area contributed by atoms with Crippen molar-refractivity contribution in [3.8, 4) is 5.75 Å². The molecule has 0 radical (unpaired) electrons. The summed E-state index contributed by atoms with van der Waals surface area (Å²) in [5.74, 6) is 1.35. The van der Waals surface area contributed by atoms with Crippen molar-refractivity contribution in [1.29, 1.82) is 0 Å². The molecule has 1 saturated heterocycles. The molecule has 0 aliphatic carbocycles. The summed E-state index contributed by atoms with van der Waals surface area (Å²) in [7, 11) is 0. The van der Waals surface area contributed by atoms with Crippen LogP contribution in [0.1, 0.15) is 35.7 Å². The molecule has 0 N–H and O–H groups in total. The molecule has 1 amide bonds. The van der Waals surface area contributed by atoms with Crippen LogP contribution in [0.4, 0.5) is 0 Å². The summed E-state index contributed by atoms with van der Waals surface area (Å²) in [6, 6.07) is 15.0. The highest BCUT2D eigenvalue weighted by molar-refractivity contribution is 6.31. The van der Waals surface area contributed by atoms with E-state index >= 15 is 0 Å². The lowest BCUT2D eigenvalue weighted by Gasteiger charge is -2.31. The Kier molecular flexibility index (Phi) is 5.41. The van der Waals surface area contributed by atoms with Gasteiger partial charge >= 0.3 is 0 Å². The van der Waals surface area contributed by atoms with Gasteiger partial charge in [-0.3, -0.25) is 4.79 Å². The van der Waals surface area contributed by atoms with Crippen LogP contribution in [-0.2, 0) is 6.61 Å². The summed E-state index contributed by atoms with van der Waals surface area (Å²) in [5.41, 5.74) is 1.61. The first-order chi connectivity index (χ1) is 11.6. The molecule has 0 aromatic heterocycles. The van der Waals surface area contributed by atoms with E-state index in [4.69, 9.17) is 16.3 Å². The Balaban J connectivity index is 1.67. The third-order valence-electron chi connectivity index (χ3n) is 4.38. The van der Waals surface area contributed by atoms with Crippen LogP contribution in [0, 0.1) is 5.92 Å². The molecule has 0 spiro atoms. The topological polar surface area (TPSA) is 29.5 Å². The number of halogens is 1. The number of ether oxygens (including phenoxy) is 1. The highest BCUT2D eigenvalue weighted by atomic mass is 35.5. The van der Waals surface area contributed by atoms with Crippen molar-refractivity contribution < 1.29 is 9.53 Å². The zero-order valence-corrected chi connectivity index (χ0v) is 14.6. The Labute approximate surface area is 148 Å². The molecule has 3 nitrogen and oxygen atoms in total. The van der Waals surface area contributed by atoms with Gasteiger partial charge in [0.15, 0.2) is 0 Å². The van der Waals surface area contributed by atoms with E-state index in [0.29, 0.717) is 28.9 Å². The van der Waals surface area contributed by atoms with Gasteiger partial charge in [-0.05, 0) is 43.0 Å². The molecule has 1 heterocycles. The molecule has 4 heteroatoms. The Hall–Kier alpha value is -2.00. The van der Waals surface area contributed by atoms with Gasteiger partial charge in [-0.2, -0.15) is 0 Å². The average Bonchev–Trinajstić information content (AvgIpc) is 2.61. The van der Waals surface area contributed by atoms with Crippen LogP contribution >= 0.6 is 11.6 Å². The Morgan fingerprint density at radius 1 is 1.25 bits per heavy atom. The second kappa shape index (κ2) is 7.71. The molecule has 126 valence electrons. The normalized spacial score (nSPS) is 17.6. The first-order valence-corrected chi connectivity index (χ1v) is 8.77. The van der Waals surface area contributed by atoms with Gasteiger partial charge in [0.1, 0.15) is 12.4 Å².